The van der Waals surface area contributed by atoms with Crippen LogP contribution in [0.4, 0.5) is 0 Å². The third-order valence-electron chi connectivity index (χ3n) is 3.44. The highest BCUT2D eigenvalue weighted by molar-refractivity contribution is 5.81. The minimum absolute atomic E-state index is 0.489. The number of rotatable bonds is 4. The number of nitrogens with zero attached hydrogens (tertiary/aromatic N) is 2. The smallest absolute Gasteiger partial charge is 0.119 e. The number of likely N-dealkylation sites (N-methyl/N-ethyl adjacent to an activating group) is 1. The van der Waals surface area contributed by atoms with Gasteiger partial charge >= 0.3 is 0 Å². The van der Waals surface area contributed by atoms with E-state index in [1.54, 1.807) is 14.2 Å². The summed E-state index contributed by atoms with van der Waals surface area (Å²) in [6, 6.07) is 7.91. The highest BCUT2D eigenvalue weighted by Gasteiger charge is 2.21. The van der Waals surface area contributed by atoms with Gasteiger partial charge in [-0.2, -0.15) is 0 Å². The van der Waals surface area contributed by atoms with Crippen LogP contribution in [0.2, 0.25) is 0 Å². The molecule has 0 saturated carbocycles. The fraction of sp³-hybridized carbons (Fsp3) is 0.467. The maximum Gasteiger partial charge on any atom is 0.119 e. The predicted octanol–water partition coefficient (Wildman–Crippen LogP) is 2.99. The summed E-state index contributed by atoms with van der Waals surface area (Å²) in [5, 5.41) is 1.08. The lowest BCUT2D eigenvalue weighted by Crippen LogP contribution is -2.41. The quantitative estimate of drug-likeness (QED) is 0.829. The topological polar surface area (TPSA) is 17.4 Å². The van der Waals surface area contributed by atoms with Crippen LogP contribution >= 0.6 is 0 Å². The average Bonchev–Trinajstić information content (AvgIpc) is 2.78. The molecule has 1 aromatic carbocycles. The van der Waals surface area contributed by atoms with Crippen LogP contribution in [0.15, 0.2) is 30.5 Å². The fourth-order valence-corrected chi connectivity index (χ4v) is 1.97. The van der Waals surface area contributed by atoms with E-state index in [-0.39, 0.29) is 0 Å². The van der Waals surface area contributed by atoms with Crippen molar-refractivity contribution < 1.29 is 8.85 Å². The van der Waals surface area contributed by atoms with Crippen LogP contribution in [0.25, 0.3) is 10.9 Å². The van der Waals surface area contributed by atoms with Crippen LogP contribution < -0.4 is 4.74 Å². The molecule has 0 atom stereocenters. The zero-order valence-corrected chi connectivity index (χ0v) is 11.4. The Morgan fingerprint density at radius 2 is 2.17 bits per heavy atom. The van der Waals surface area contributed by atoms with Gasteiger partial charge in [0.25, 0.3) is 0 Å². The summed E-state index contributed by atoms with van der Waals surface area (Å²) in [6.07, 6.45) is 1.99. The van der Waals surface area contributed by atoms with Crippen molar-refractivity contribution in [2.45, 2.75) is 25.9 Å². The molecule has 0 radical (unpaired) electrons. The summed E-state index contributed by atoms with van der Waals surface area (Å²) < 4.78 is 30.0. The van der Waals surface area contributed by atoms with Crippen LogP contribution in [0.1, 0.15) is 18.0 Å². The number of hydrogen-bond acceptors (Lipinski definition) is 2. The molecule has 98 valence electrons. The highest BCUT2D eigenvalue weighted by atomic mass is 16.5. The van der Waals surface area contributed by atoms with E-state index in [0.29, 0.717) is 6.54 Å². The van der Waals surface area contributed by atoms with Crippen LogP contribution in [-0.2, 0) is 6.54 Å². The van der Waals surface area contributed by atoms with Crippen LogP contribution in [0, 0.1) is 0 Å². The summed E-state index contributed by atoms with van der Waals surface area (Å²) in [4.78, 5) is 1.44. The van der Waals surface area contributed by atoms with Crippen molar-refractivity contribution in [3.05, 3.63) is 30.5 Å². The Labute approximate surface area is 113 Å². The van der Waals surface area contributed by atoms with E-state index in [4.69, 9.17) is 8.85 Å². The van der Waals surface area contributed by atoms with Crippen molar-refractivity contribution in [2.24, 2.45) is 0 Å². The van der Waals surface area contributed by atoms with Gasteiger partial charge in [0, 0.05) is 33.3 Å². The lowest BCUT2D eigenvalue weighted by molar-refractivity contribution is 0.171. The van der Waals surface area contributed by atoms with Crippen LogP contribution in [0.5, 0.6) is 5.75 Å². The Morgan fingerprint density at radius 1 is 1.39 bits per heavy atom. The predicted molar refractivity (Wildman–Crippen MR) is 76.3 cm³/mol. The van der Waals surface area contributed by atoms with Crippen LogP contribution in [-0.4, -0.2) is 36.1 Å². The second-order valence-electron chi connectivity index (χ2n) is 5.24. The molecule has 0 fully saturated rings. The van der Waals surface area contributed by atoms with E-state index < -0.39 is 12.5 Å². The molecule has 18 heavy (non-hydrogen) atoms. The molecule has 0 saturated heterocycles. The molecule has 3 heteroatoms. The molecule has 0 aliphatic heterocycles. The van der Waals surface area contributed by atoms with E-state index in [2.05, 4.69) is 4.57 Å². The SMILES string of the molecule is [2H]C([2H])([2H])N(C)C(C)(C)Cn1ccc2cc(OC)ccc21. The van der Waals surface area contributed by atoms with Gasteiger partial charge < -0.3 is 14.2 Å². The van der Waals surface area contributed by atoms with Gasteiger partial charge in [-0.05, 0) is 52.1 Å². The Bertz CT molecular complexity index is 631. The first-order valence-corrected chi connectivity index (χ1v) is 6.02. The molecular weight excluding hydrogens is 224 g/mol. The summed E-state index contributed by atoms with van der Waals surface area (Å²) in [6.45, 7) is 2.37. The number of methoxy groups -OCH3 is 1. The molecule has 0 amide bonds. The van der Waals surface area contributed by atoms with Crippen molar-refractivity contribution in [2.75, 3.05) is 21.1 Å². The summed E-state index contributed by atoms with van der Waals surface area (Å²) in [5.74, 6) is 0.819. The summed E-state index contributed by atoms with van der Waals surface area (Å²) in [5.41, 5.74) is 0.583. The number of benzene rings is 1. The molecule has 0 aliphatic carbocycles. The largest absolute Gasteiger partial charge is 0.497 e. The van der Waals surface area contributed by atoms with Gasteiger partial charge in [-0.3, -0.25) is 0 Å². The van der Waals surface area contributed by atoms with E-state index in [9.17, 15) is 0 Å². The van der Waals surface area contributed by atoms with Gasteiger partial charge in [0.1, 0.15) is 5.75 Å². The van der Waals surface area contributed by atoms with Crippen molar-refractivity contribution in [1.82, 2.24) is 9.47 Å². The van der Waals surface area contributed by atoms with Crippen molar-refractivity contribution in [1.29, 1.82) is 0 Å². The number of aromatic nitrogens is 1. The maximum absolute atomic E-state index is 7.57. The minimum Gasteiger partial charge on any atom is -0.497 e. The van der Waals surface area contributed by atoms with Crippen molar-refractivity contribution in [3.8, 4) is 5.75 Å². The Morgan fingerprint density at radius 3 is 2.83 bits per heavy atom. The number of fused-ring (bicyclic) bond motifs is 1. The standard InChI is InChI=1S/C15H22N2O/c1-15(2,16(3)4)11-17-9-8-12-10-13(18-5)6-7-14(12)17/h6-10H,11H2,1-5H3/i3D3. The van der Waals surface area contributed by atoms with Crippen molar-refractivity contribution in [3.63, 3.8) is 0 Å². The molecular formula is C15H22N2O. The van der Waals surface area contributed by atoms with Gasteiger partial charge in [0.15, 0.2) is 0 Å². The van der Waals surface area contributed by atoms with Gasteiger partial charge in [-0.15, -0.1) is 0 Å². The maximum atomic E-state index is 7.57. The molecule has 0 spiro atoms. The Balaban J connectivity index is 2.31. The molecule has 2 rings (SSSR count). The van der Waals surface area contributed by atoms with E-state index in [1.165, 1.54) is 4.90 Å². The van der Waals surface area contributed by atoms with Crippen LogP contribution in [0.3, 0.4) is 0 Å². The summed E-state index contributed by atoms with van der Waals surface area (Å²) >= 11 is 0. The fourth-order valence-electron chi connectivity index (χ4n) is 1.97. The van der Waals surface area contributed by atoms with E-state index in [0.717, 1.165) is 16.7 Å². The van der Waals surface area contributed by atoms with Gasteiger partial charge in [0.05, 0.1) is 7.11 Å². The second kappa shape index (κ2) is 4.65. The highest BCUT2D eigenvalue weighted by Crippen LogP contribution is 2.24. The molecule has 0 aliphatic rings. The van der Waals surface area contributed by atoms with Gasteiger partial charge in [-0.1, -0.05) is 0 Å². The Kier molecular flexibility index (Phi) is 2.44. The second-order valence-corrected chi connectivity index (χ2v) is 5.24. The normalized spacial score (nSPS) is 15.5. The molecule has 3 nitrogen and oxygen atoms in total. The molecule has 2 aromatic rings. The van der Waals surface area contributed by atoms with Crippen molar-refractivity contribution >= 4 is 10.9 Å². The zero-order chi connectivity index (χ0) is 15.8. The molecule has 0 unspecified atom stereocenters. The lowest BCUT2D eigenvalue weighted by atomic mass is 10.0. The van der Waals surface area contributed by atoms with Gasteiger partial charge in [-0.25, -0.2) is 0 Å². The molecule has 0 bridgehead atoms. The van der Waals surface area contributed by atoms with Gasteiger partial charge in [0.2, 0.25) is 0 Å². The monoisotopic (exact) mass is 249 g/mol. The molecule has 1 heterocycles. The number of hydrogen-bond donors (Lipinski definition) is 0. The first-order chi connectivity index (χ1) is 9.65. The molecule has 0 N–H and O–H groups in total. The average molecular weight is 249 g/mol. The van der Waals surface area contributed by atoms with E-state index in [1.807, 2.05) is 44.3 Å². The Hall–Kier alpha value is -1.48. The third kappa shape index (κ3) is 2.36. The molecule has 1 aromatic heterocycles. The first-order valence-electron chi connectivity index (χ1n) is 7.52. The third-order valence-corrected chi connectivity index (χ3v) is 3.44. The summed E-state index contributed by atoms with van der Waals surface area (Å²) in [7, 11) is 3.29. The number of ether oxygens (including phenoxy) is 1. The lowest BCUT2D eigenvalue weighted by Gasteiger charge is -2.33. The first kappa shape index (κ1) is 9.45. The minimum atomic E-state index is -2.10. The van der Waals surface area contributed by atoms with E-state index >= 15 is 0 Å². The zero-order valence-electron chi connectivity index (χ0n) is 14.4.